The second-order valence-electron chi connectivity index (χ2n) is 7.33. The average Bonchev–Trinajstić information content (AvgIpc) is 2.57. The quantitative estimate of drug-likeness (QED) is 0.894. The molecule has 0 saturated heterocycles. The van der Waals surface area contributed by atoms with Gasteiger partial charge in [0.1, 0.15) is 5.75 Å². The van der Waals surface area contributed by atoms with Gasteiger partial charge in [-0.1, -0.05) is 6.92 Å². The minimum atomic E-state index is -0.0514. The highest BCUT2D eigenvalue weighted by Gasteiger charge is 2.37. The van der Waals surface area contributed by atoms with E-state index in [0.29, 0.717) is 5.39 Å². The number of hydrogen-bond acceptors (Lipinski definition) is 3. The van der Waals surface area contributed by atoms with E-state index in [1.54, 1.807) is 6.20 Å². The van der Waals surface area contributed by atoms with E-state index in [4.69, 9.17) is 10.5 Å². The van der Waals surface area contributed by atoms with Crippen molar-refractivity contribution in [2.24, 2.45) is 11.1 Å². The van der Waals surface area contributed by atoms with Crippen molar-refractivity contribution in [3.8, 4) is 5.75 Å². The number of benzene rings is 1. The van der Waals surface area contributed by atoms with Gasteiger partial charge in [0, 0.05) is 17.6 Å². The Bertz CT molecular complexity index is 771. The molecule has 0 amide bonds. The molecule has 1 fully saturated rings. The molecule has 1 saturated carbocycles. The molecule has 0 spiro atoms. The van der Waals surface area contributed by atoms with Gasteiger partial charge in [-0.2, -0.15) is 0 Å². The maximum absolute atomic E-state index is 11.9. The summed E-state index contributed by atoms with van der Waals surface area (Å²) < 4.78 is 6.30. The predicted octanol–water partition coefficient (Wildman–Crippen LogP) is 3.90. The van der Waals surface area contributed by atoms with Crippen molar-refractivity contribution in [1.29, 1.82) is 0 Å². The van der Waals surface area contributed by atoms with E-state index in [1.807, 2.05) is 25.1 Å². The second kappa shape index (κ2) is 6.60. The van der Waals surface area contributed by atoms with Gasteiger partial charge >= 0.3 is 0 Å². The van der Waals surface area contributed by atoms with Crippen LogP contribution in [0.4, 0.5) is 0 Å². The Balaban J connectivity index is 1.77. The van der Waals surface area contributed by atoms with Crippen molar-refractivity contribution < 1.29 is 4.74 Å². The number of aromatic amines is 1. The Labute approximate surface area is 143 Å². The maximum Gasteiger partial charge on any atom is 0.255 e. The van der Waals surface area contributed by atoms with Crippen LogP contribution in [-0.4, -0.2) is 17.1 Å². The van der Waals surface area contributed by atoms with Crippen LogP contribution in [0.2, 0.25) is 0 Å². The number of aryl methyl sites for hydroxylation is 1. The minimum Gasteiger partial charge on any atom is -0.490 e. The second-order valence-corrected chi connectivity index (χ2v) is 7.33. The summed E-state index contributed by atoms with van der Waals surface area (Å²) in [6, 6.07) is 6.07. The maximum atomic E-state index is 11.9. The first-order chi connectivity index (χ1) is 11.4. The van der Waals surface area contributed by atoms with Crippen LogP contribution in [0.3, 0.4) is 0 Å². The lowest BCUT2D eigenvalue weighted by Crippen LogP contribution is -2.43. The SMILES string of the molecule is CC[C@]1(C(C)N)CC[C@@H](Oc2cc3cc[nH]c(=O)c3cc2C)CC1. The number of H-pyrrole nitrogens is 1. The smallest absolute Gasteiger partial charge is 0.255 e. The van der Waals surface area contributed by atoms with E-state index in [0.717, 1.165) is 48.8 Å². The average molecular weight is 328 g/mol. The lowest BCUT2D eigenvalue weighted by molar-refractivity contribution is 0.0615. The highest BCUT2D eigenvalue weighted by Crippen LogP contribution is 2.42. The molecule has 1 aromatic carbocycles. The van der Waals surface area contributed by atoms with Crippen molar-refractivity contribution in [1.82, 2.24) is 4.98 Å². The van der Waals surface area contributed by atoms with Crippen molar-refractivity contribution in [2.75, 3.05) is 0 Å². The van der Waals surface area contributed by atoms with Crippen LogP contribution in [0.25, 0.3) is 10.8 Å². The van der Waals surface area contributed by atoms with Gasteiger partial charge < -0.3 is 15.5 Å². The number of nitrogens with one attached hydrogen (secondary N) is 1. The Morgan fingerprint density at radius 1 is 1.38 bits per heavy atom. The fourth-order valence-electron chi connectivity index (χ4n) is 4.04. The van der Waals surface area contributed by atoms with E-state index in [2.05, 4.69) is 18.8 Å². The van der Waals surface area contributed by atoms with Gasteiger partial charge in [0.2, 0.25) is 0 Å². The Hall–Kier alpha value is -1.81. The Morgan fingerprint density at radius 2 is 2.08 bits per heavy atom. The third-order valence-electron chi connectivity index (χ3n) is 5.96. The molecule has 1 aliphatic rings. The zero-order valence-corrected chi connectivity index (χ0v) is 14.9. The van der Waals surface area contributed by atoms with Gasteiger partial charge in [-0.25, -0.2) is 0 Å². The summed E-state index contributed by atoms with van der Waals surface area (Å²) in [6.45, 7) is 6.38. The van der Waals surface area contributed by atoms with Crippen molar-refractivity contribution in [3.63, 3.8) is 0 Å². The van der Waals surface area contributed by atoms with Gasteiger partial charge in [0.05, 0.1) is 6.10 Å². The van der Waals surface area contributed by atoms with Crippen LogP contribution in [0.5, 0.6) is 5.75 Å². The van der Waals surface area contributed by atoms with Gasteiger partial charge in [-0.05, 0) is 80.5 Å². The summed E-state index contributed by atoms with van der Waals surface area (Å²) in [7, 11) is 0. The summed E-state index contributed by atoms with van der Waals surface area (Å²) in [6.07, 6.45) is 7.39. The first kappa shape index (κ1) is 17.0. The van der Waals surface area contributed by atoms with Crippen molar-refractivity contribution >= 4 is 10.8 Å². The number of pyridine rings is 1. The van der Waals surface area contributed by atoms with Crippen LogP contribution in [-0.2, 0) is 0 Å². The highest BCUT2D eigenvalue weighted by molar-refractivity contribution is 5.83. The van der Waals surface area contributed by atoms with Crippen LogP contribution >= 0.6 is 0 Å². The van der Waals surface area contributed by atoms with Gasteiger partial charge in [0.25, 0.3) is 5.56 Å². The normalized spacial score (nSPS) is 25.6. The molecule has 0 bridgehead atoms. The molecule has 1 aromatic heterocycles. The molecule has 1 aliphatic carbocycles. The molecule has 130 valence electrons. The van der Waals surface area contributed by atoms with Crippen molar-refractivity contribution in [3.05, 3.63) is 40.3 Å². The van der Waals surface area contributed by atoms with E-state index in [9.17, 15) is 4.79 Å². The van der Waals surface area contributed by atoms with Crippen LogP contribution in [0, 0.1) is 12.3 Å². The van der Waals surface area contributed by atoms with Crippen molar-refractivity contribution in [2.45, 2.75) is 65.0 Å². The molecule has 1 atom stereocenters. The molecule has 0 aliphatic heterocycles. The molecule has 4 heteroatoms. The van der Waals surface area contributed by atoms with Gasteiger partial charge in [0.15, 0.2) is 0 Å². The molecule has 3 rings (SSSR count). The largest absolute Gasteiger partial charge is 0.490 e. The number of hydrogen-bond donors (Lipinski definition) is 2. The standard InChI is InChI=1S/C20H28N2O2/c1-4-20(14(3)21)8-5-16(6-9-20)24-18-12-15-7-10-22-19(23)17(15)11-13(18)2/h7,10-12,14,16H,4-6,8-9,21H2,1-3H3,(H,22,23)/t14?,16-,20+. The predicted molar refractivity (Wildman–Crippen MR) is 98.6 cm³/mol. The summed E-state index contributed by atoms with van der Waals surface area (Å²) in [5.41, 5.74) is 7.47. The van der Waals surface area contributed by atoms with Gasteiger partial charge in [-0.3, -0.25) is 4.79 Å². The molecule has 1 unspecified atom stereocenters. The third-order valence-corrected chi connectivity index (χ3v) is 5.96. The number of aromatic nitrogens is 1. The molecule has 3 N–H and O–H groups in total. The number of ether oxygens (including phenoxy) is 1. The third kappa shape index (κ3) is 3.07. The summed E-state index contributed by atoms with van der Waals surface area (Å²) in [5.74, 6) is 0.892. The monoisotopic (exact) mass is 328 g/mol. The van der Waals surface area contributed by atoms with E-state index in [1.165, 1.54) is 0 Å². The number of fused-ring (bicyclic) bond motifs is 1. The lowest BCUT2D eigenvalue weighted by atomic mass is 9.67. The minimum absolute atomic E-state index is 0.0514. The van der Waals surface area contributed by atoms with Crippen LogP contribution in [0.1, 0.15) is 51.5 Å². The first-order valence-corrected chi connectivity index (χ1v) is 8.99. The Morgan fingerprint density at radius 3 is 2.71 bits per heavy atom. The van der Waals surface area contributed by atoms with E-state index in [-0.39, 0.29) is 23.1 Å². The molecule has 0 radical (unpaired) electrons. The summed E-state index contributed by atoms with van der Waals surface area (Å²) in [4.78, 5) is 14.6. The molecule has 4 nitrogen and oxygen atoms in total. The summed E-state index contributed by atoms with van der Waals surface area (Å²) in [5, 5.41) is 1.64. The number of nitrogens with two attached hydrogens (primary N) is 1. The molecule has 24 heavy (non-hydrogen) atoms. The van der Waals surface area contributed by atoms with E-state index >= 15 is 0 Å². The van der Waals surface area contributed by atoms with Crippen LogP contribution in [0.15, 0.2) is 29.2 Å². The lowest BCUT2D eigenvalue weighted by Gasteiger charge is -2.42. The molecular formula is C20H28N2O2. The highest BCUT2D eigenvalue weighted by atomic mass is 16.5. The van der Waals surface area contributed by atoms with Gasteiger partial charge in [-0.15, -0.1) is 0 Å². The van der Waals surface area contributed by atoms with E-state index < -0.39 is 0 Å². The fourth-order valence-corrected chi connectivity index (χ4v) is 4.04. The number of rotatable bonds is 4. The Kier molecular flexibility index (Phi) is 4.68. The zero-order valence-electron chi connectivity index (χ0n) is 14.9. The summed E-state index contributed by atoms with van der Waals surface area (Å²) >= 11 is 0. The molecule has 1 heterocycles. The zero-order chi connectivity index (χ0) is 17.3. The topological polar surface area (TPSA) is 68.1 Å². The fraction of sp³-hybridized carbons (Fsp3) is 0.550. The first-order valence-electron chi connectivity index (χ1n) is 8.99. The molecular weight excluding hydrogens is 300 g/mol. The van der Waals surface area contributed by atoms with Crippen LogP contribution < -0.4 is 16.0 Å². The molecule has 2 aromatic rings.